The van der Waals surface area contributed by atoms with Crippen LogP contribution in [0.1, 0.15) is 10.4 Å². The maximum Gasteiger partial charge on any atom is 0.226 e. The van der Waals surface area contributed by atoms with Gasteiger partial charge in [-0.15, -0.1) is 0 Å². The molecule has 2 aromatic rings. The van der Waals surface area contributed by atoms with Gasteiger partial charge in [0, 0.05) is 4.90 Å². The Balaban J connectivity index is 2.26. The summed E-state index contributed by atoms with van der Waals surface area (Å²) in [6.45, 7) is 0. The van der Waals surface area contributed by atoms with Crippen LogP contribution in [0.5, 0.6) is 0 Å². The summed E-state index contributed by atoms with van der Waals surface area (Å²) < 4.78 is 2.04. The second kappa shape index (κ2) is 4.34. The Bertz CT molecular complexity index is 599. The SMILES string of the molecule is O=C1Sc2ccccc2N(I)c2ccccc21. The van der Waals surface area contributed by atoms with Gasteiger partial charge in [0.25, 0.3) is 0 Å². The first-order valence-electron chi connectivity index (χ1n) is 5.13. The fourth-order valence-electron chi connectivity index (χ4n) is 1.81. The molecule has 0 spiro atoms. The predicted octanol–water partition coefficient (Wildman–Crippen LogP) is 4.42. The number of halogens is 1. The molecule has 0 unspecified atom stereocenters. The Morgan fingerprint density at radius 1 is 0.941 bits per heavy atom. The topological polar surface area (TPSA) is 20.3 Å². The van der Waals surface area contributed by atoms with Crippen LogP contribution in [-0.2, 0) is 0 Å². The van der Waals surface area contributed by atoms with Crippen LogP contribution in [0.3, 0.4) is 0 Å². The summed E-state index contributed by atoms with van der Waals surface area (Å²) in [6.07, 6.45) is 0. The minimum absolute atomic E-state index is 0.104. The van der Waals surface area contributed by atoms with Crippen molar-refractivity contribution in [2.24, 2.45) is 0 Å². The molecule has 0 aromatic heterocycles. The molecule has 4 heteroatoms. The van der Waals surface area contributed by atoms with Gasteiger partial charge in [-0.1, -0.05) is 24.3 Å². The van der Waals surface area contributed by atoms with E-state index in [1.165, 1.54) is 11.8 Å². The van der Waals surface area contributed by atoms with Gasteiger partial charge in [0.15, 0.2) is 0 Å². The Morgan fingerprint density at radius 3 is 2.41 bits per heavy atom. The van der Waals surface area contributed by atoms with E-state index in [9.17, 15) is 4.79 Å². The smallest absolute Gasteiger partial charge is 0.226 e. The van der Waals surface area contributed by atoms with Crippen LogP contribution in [0, 0.1) is 0 Å². The molecule has 1 aliphatic rings. The summed E-state index contributed by atoms with van der Waals surface area (Å²) >= 11 is 3.54. The molecule has 2 aromatic carbocycles. The minimum Gasteiger partial charge on any atom is -0.281 e. The van der Waals surface area contributed by atoms with Crippen LogP contribution in [0.2, 0.25) is 0 Å². The molecule has 0 N–H and O–H groups in total. The van der Waals surface area contributed by atoms with Gasteiger partial charge in [-0.2, -0.15) is 0 Å². The third-order valence-corrected chi connectivity index (χ3v) is 4.62. The van der Waals surface area contributed by atoms with Crippen LogP contribution in [-0.4, -0.2) is 5.12 Å². The zero-order valence-electron chi connectivity index (χ0n) is 8.76. The Hall–Kier alpha value is -1.01. The van der Waals surface area contributed by atoms with E-state index in [2.05, 4.69) is 22.9 Å². The molecule has 0 amide bonds. The fourth-order valence-corrected chi connectivity index (χ4v) is 3.71. The molecule has 0 bridgehead atoms. The van der Waals surface area contributed by atoms with Crippen molar-refractivity contribution in [2.45, 2.75) is 4.90 Å². The summed E-state index contributed by atoms with van der Waals surface area (Å²) in [4.78, 5) is 13.1. The highest BCUT2D eigenvalue weighted by atomic mass is 127. The van der Waals surface area contributed by atoms with Crippen molar-refractivity contribution in [3.8, 4) is 0 Å². The molecule has 1 heterocycles. The lowest BCUT2D eigenvalue weighted by molar-refractivity contribution is 0.109. The molecular weight excluding hydrogens is 345 g/mol. The van der Waals surface area contributed by atoms with Crippen LogP contribution in [0.25, 0.3) is 0 Å². The number of benzene rings is 2. The Morgan fingerprint density at radius 2 is 1.59 bits per heavy atom. The lowest BCUT2D eigenvalue weighted by Gasteiger charge is -2.17. The lowest BCUT2D eigenvalue weighted by Crippen LogP contribution is -2.03. The maximum absolute atomic E-state index is 12.1. The highest BCUT2D eigenvalue weighted by molar-refractivity contribution is 14.1. The van der Waals surface area contributed by atoms with E-state index in [1.54, 1.807) is 0 Å². The number of hydrogen-bond donors (Lipinski definition) is 0. The second-order valence-electron chi connectivity index (χ2n) is 3.66. The molecule has 0 radical (unpaired) electrons. The van der Waals surface area contributed by atoms with Crippen molar-refractivity contribution in [3.63, 3.8) is 0 Å². The fraction of sp³-hybridized carbons (Fsp3) is 0. The van der Waals surface area contributed by atoms with E-state index < -0.39 is 0 Å². The summed E-state index contributed by atoms with van der Waals surface area (Å²) in [5.41, 5.74) is 2.79. The van der Waals surface area contributed by atoms with E-state index in [1.807, 2.05) is 51.6 Å². The quantitative estimate of drug-likeness (QED) is 0.517. The lowest BCUT2D eigenvalue weighted by atomic mass is 10.2. The molecule has 0 fully saturated rings. The molecule has 0 saturated heterocycles. The van der Waals surface area contributed by atoms with Crippen LogP contribution >= 0.6 is 34.6 Å². The highest BCUT2D eigenvalue weighted by Gasteiger charge is 2.23. The molecule has 3 rings (SSSR count). The van der Waals surface area contributed by atoms with Crippen molar-refractivity contribution in [1.82, 2.24) is 0 Å². The van der Waals surface area contributed by atoms with Gasteiger partial charge in [-0.3, -0.25) is 7.91 Å². The number of rotatable bonds is 0. The largest absolute Gasteiger partial charge is 0.281 e. The predicted molar refractivity (Wildman–Crippen MR) is 79.2 cm³/mol. The van der Waals surface area contributed by atoms with E-state index in [0.717, 1.165) is 21.8 Å². The first kappa shape index (κ1) is 11.1. The molecular formula is C13H8INOS. The van der Waals surface area contributed by atoms with Crippen LogP contribution < -0.4 is 3.11 Å². The van der Waals surface area contributed by atoms with Crippen molar-refractivity contribution in [3.05, 3.63) is 54.1 Å². The number of thioether (sulfide) groups is 1. The van der Waals surface area contributed by atoms with Gasteiger partial charge >= 0.3 is 0 Å². The van der Waals surface area contributed by atoms with E-state index in [-0.39, 0.29) is 5.12 Å². The monoisotopic (exact) mass is 353 g/mol. The third-order valence-electron chi connectivity index (χ3n) is 2.61. The average Bonchev–Trinajstić information content (AvgIpc) is 2.48. The first-order chi connectivity index (χ1) is 8.27. The number of nitrogens with zero attached hydrogens (tertiary/aromatic N) is 1. The van der Waals surface area contributed by atoms with E-state index in [0.29, 0.717) is 0 Å². The average molecular weight is 353 g/mol. The number of carbonyl (C=O) groups excluding carboxylic acids is 1. The number of carbonyl (C=O) groups is 1. The van der Waals surface area contributed by atoms with Gasteiger partial charge in [-0.05, 0) is 36.0 Å². The minimum atomic E-state index is 0.104. The van der Waals surface area contributed by atoms with Crippen molar-refractivity contribution >= 4 is 51.1 Å². The zero-order chi connectivity index (χ0) is 11.8. The van der Waals surface area contributed by atoms with E-state index >= 15 is 0 Å². The zero-order valence-corrected chi connectivity index (χ0v) is 11.7. The normalized spacial score (nSPS) is 13.9. The van der Waals surface area contributed by atoms with Gasteiger partial charge in [0.05, 0.1) is 39.8 Å². The van der Waals surface area contributed by atoms with Crippen molar-refractivity contribution < 1.29 is 4.79 Å². The number of anilines is 2. The first-order valence-corrected chi connectivity index (χ1v) is 6.91. The molecule has 1 aliphatic heterocycles. The van der Waals surface area contributed by atoms with E-state index in [4.69, 9.17) is 0 Å². The van der Waals surface area contributed by atoms with Crippen molar-refractivity contribution in [2.75, 3.05) is 3.11 Å². The summed E-state index contributed by atoms with van der Waals surface area (Å²) in [5, 5.41) is 0.104. The summed E-state index contributed by atoms with van der Waals surface area (Å²) in [5.74, 6) is 0. The molecule has 0 atom stereocenters. The number of fused-ring (bicyclic) bond motifs is 2. The molecule has 17 heavy (non-hydrogen) atoms. The number of para-hydroxylation sites is 2. The standard InChI is InChI=1S/C13H8INOS/c14-15-10-6-2-1-5-9(10)13(16)17-12-8-4-3-7-11(12)15/h1-8H. The molecule has 84 valence electrons. The second-order valence-corrected chi connectivity index (χ2v) is 5.63. The van der Waals surface area contributed by atoms with Gasteiger partial charge in [-0.25, -0.2) is 0 Å². The maximum atomic E-state index is 12.1. The Labute approximate surface area is 118 Å². The highest BCUT2D eigenvalue weighted by Crippen LogP contribution is 2.43. The van der Waals surface area contributed by atoms with Crippen LogP contribution in [0.15, 0.2) is 53.4 Å². The molecule has 0 saturated carbocycles. The van der Waals surface area contributed by atoms with Gasteiger partial charge in [0.1, 0.15) is 0 Å². The number of hydrogen-bond acceptors (Lipinski definition) is 3. The van der Waals surface area contributed by atoms with Gasteiger partial charge in [0.2, 0.25) is 5.12 Å². The van der Waals surface area contributed by atoms with Gasteiger partial charge < -0.3 is 0 Å². The summed E-state index contributed by atoms with van der Waals surface area (Å²) in [7, 11) is 0. The van der Waals surface area contributed by atoms with Crippen molar-refractivity contribution in [1.29, 1.82) is 0 Å². The molecule has 0 aliphatic carbocycles. The molecule has 2 nitrogen and oxygen atoms in total. The van der Waals surface area contributed by atoms with Crippen LogP contribution in [0.4, 0.5) is 11.4 Å². The third kappa shape index (κ3) is 1.85. The Kier molecular flexibility index (Phi) is 2.84. The summed E-state index contributed by atoms with van der Waals surface area (Å²) in [6, 6.07) is 15.7.